The van der Waals surface area contributed by atoms with E-state index in [4.69, 9.17) is 5.84 Å². The van der Waals surface area contributed by atoms with E-state index < -0.39 is 0 Å². The monoisotopic (exact) mass is 168 g/mol. The van der Waals surface area contributed by atoms with Gasteiger partial charge >= 0.3 is 0 Å². The molecule has 0 saturated heterocycles. The summed E-state index contributed by atoms with van der Waals surface area (Å²) in [5.74, 6) is 5.98. The number of nitrogen functional groups attached to an aromatic ring is 1. The molecule has 0 unspecified atom stereocenters. The van der Waals surface area contributed by atoms with Crippen LogP contribution in [0.3, 0.4) is 0 Å². The van der Waals surface area contributed by atoms with Crippen molar-refractivity contribution >= 4 is 0 Å². The molecule has 66 valence electrons. The maximum Gasteiger partial charge on any atom is 0.293 e. The number of rotatable bonds is 2. The van der Waals surface area contributed by atoms with Crippen molar-refractivity contribution < 1.29 is 0 Å². The van der Waals surface area contributed by atoms with Crippen LogP contribution in [0.2, 0.25) is 0 Å². The van der Waals surface area contributed by atoms with Crippen molar-refractivity contribution in [3.63, 3.8) is 0 Å². The lowest BCUT2D eigenvalue weighted by molar-refractivity contribution is 0.698. The summed E-state index contributed by atoms with van der Waals surface area (Å²) in [6.45, 7) is 3.72. The molecule has 5 nitrogen and oxygen atoms in total. The van der Waals surface area contributed by atoms with Crippen LogP contribution in [0.15, 0.2) is 4.79 Å². The van der Waals surface area contributed by atoms with Crippen LogP contribution in [0.4, 0.5) is 0 Å². The van der Waals surface area contributed by atoms with Gasteiger partial charge in [0.2, 0.25) is 0 Å². The molecule has 12 heavy (non-hydrogen) atoms. The molecule has 0 fully saturated rings. The van der Waals surface area contributed by atoms with E-state index in [1.807, 2.05) is 13.8 Å². The van der Waals surface area contributed by atoms with Crippen LogP contribution in [-0.2, 0) is 12.8 Å². The van der Waals surface area contributed by atoms with Gasteiger partial charge in [0, 0.05) is 6.42 Å². The maximum absolute atomic E-state index is 11.3. The lowest BCUT2D eigenvalue weighted by atomic mass is 10.3. The Bertz CT molecular complexity index is 331. The standard InChI is InChI=1S/C7H12N4O/c1-3-5-7(12)11(8)6(4-2)10-9-5/h3-4,8H2,1-2H3. The number of aryl methyl sites for hydroxylation is 2. The summed E-state index contributed by atoms with van der Waals surface area (Å²) in [4.78, 5) is 11.3. The van der Waals surface area contributed by atoms with E-state index in [0.717, 1.165) is 4.68 Å². The molecular weight excluding hydrogens is 156 g/mol. The largest absolute Gasteiger partial charge is 0.335 e. The van der Waals surface area contributed by atoms with Gasteiger partial charge in [-0.25, -0.2) is 4.68 Å². The lowest BCUT2D eigenvalue weighted by Crippen LogP contribution is -2.34. The fourth-order valence-corrected chi connectivity index (χ4v) is 0.928. The minimum Gasteiger partial charge on any atom is -0.335 e. The molecule has 0 radical (unpaired) electrons. The Hall–Kier alpha value is -1.39. The van der Waals surface area contributed by atoms with Gasteiger partial charge in [0.05, 0.1) is 0 Å². The van der Waals surface area contributed by atoms with Crippen LogP contribution < -0.4 is 11.4 Å². The van der Waals surface area contributed by atoms with Crippen LogP contribution in [0.1, 0.15) is 25.4 Å². The van der Waals surface area contributed by atoms with Crippen molar-refractivity contribution in [3.05, 3.63) is 21.9 Å². The van der Waals surface area contributed by atoms with Crippen LogP contribution >= 0.6 is 0 Å². The highest BCUT2D eigenvalue weighted by molar-refractivity contribution is 4.98. The van der Waals surface area contributed by atoms with E-state index in [1.54, 1.807) is 0 Å². The smallest absolute Gasteiger partial charge is 0.293 e. The zero-order valence-corrected chi connectivity index (χ0v) is 7.24. The fraction of sp³-hybridized carbons (Fsp3) is 0.571. The Morgan fingerprint density at radius 2 is 2.00 bits per heavy atom. The summed E-state index contributed by atoms with van der Waals surface area (Å²) in [7, 11) is 0. The Kier molecular flexibility index (Phi) is 2.42. The second kappa shape index (κ2) is 3.34. The zero-order chi connectivity index (χ0) is 9.14. The summed E-state index contributed by atoms with van der Waals surface area (Å²) in [5.41, 5.74) is 0.166. The second-order valence-electron chi connectivity index (χ2n) is 2.45. The van der Waals surface area contributed by atoms with Crippen molar-refractivity contribution in [2.24, 2.45) is 0 Å². The second-order valence-corrected chi connectivity index (χ2v) is 2.45. The van der Waals surface area contributed by atoms with E-state index >= 15 is 0 Å². The van der Waals surface area contributed by atoms with Gasteiger partial charge in [0.25, 0.3) is 5.56 Å². The Balaban J connectivity index is 3.30. The van der Waals surface area contributed by atoms with Crippen LogP contribution in [0.25, 0.3) is 0 Å². The molecule has 0 atom stereocenters. The van der Waals surface area contributed by atoms with Crippen LogP contribution in [0.5, 0.6) is 0 Å². The van der Waals surface area contributed by atoms with Crippen LogP contribution in [-0.4, -0.2) is 14.9 Å². The third-order valence-corrected chi connectivity index (χ3v) is 1.68. The fourth-order valence-electron chi connectivity index (χ4n) is 0.928. The van der Waals surface area contributed by atoms with Gasteiger partial charge in [-0.05, 0) is 6.42 Å². The topological polar surface area (TPSA) is 73.8 Å². The van der Waals surface area contributed by atoms with Crippen LogP contribution in [0, 0.1) is 0 Å². The first-order valence-electron chi connectivity index (χ1n) is 3.93. The first kappa shape index (κ1) is 8.70. The van der Waals surface area contributed by atoms with Crippen molar-refractivity contribution in [2.75, 3.05) is 5.84 Å². The lowest BCUT2D eigenvalue weighted by Gasteiger charge is -2.03. The summed E-state index contributed by atoms with van der Waals surface area (Å²) in [6, 6.07) is 0. The molecule has 0 aliphatic rings. The number of nitrogens with zero attached hydrogens (tertiary/aromatic N) is 3. The molecule has 0 amide bonds. The van der Waals surface area contributed by atoms with Gasteiger partial charge in [0.1, 0.15) is 5.69 Å². The van der Waals surface area contributed by atoms with E-state index in [0.29, 0.717) is 24.4 Å². The molecule has 2 N–H and O–H groups in total. The minimum absolute atomic E-state index is 0.246. The zero-order valence-electron chi connectivity index (χ0n) is 7.24. The van der Waals surface area contributed by atoms with Crippen molar-refractivity contribution in [2.45, 2.75) is 26.7 Å². The molecular formula is C7H12N4O. The third-order valence-electron chi connectivity index (χ3n) is 1.68. The number of aromatic nitrogens is 3. The summed E-state index contributed by atoms with van der Waals surface area (Å²) < 4.78 is 1.06. The summed E-state index contributed by atoms with van der Waals surface area (Å²) in [6.07, 6.45) is 1.18. The molecule has 0 bridgehead atoms. The number of nitrogens with two attached hydrogens (primary N) is 1. The molecule has 0 aromatic carbocycles. The summed E-state index contributed by atoms with van der Waals surface area (Å²) >= 11 is 0. The number of hydrogen-bond donors (Lipinski definition) is 1. The highest BCUT2D eigenvalue weighted by Gasteiger charge is 2.05. The predicted molar refractivity (Wildman–Crippen MR) is 45.2 cm³/mol. The molecule has 0 spiro atoms. The van der Waals surface area contributed by atoms with Crippen molar-refractivity contribution in [3.8, 4) is 0 Å². The van der Waals surface area contributed by atoms with E-state index in [1.165, 1.54) is 0 Å². The highest BCUT2D eigenvalue weighted by Crippen LogP contribution is 1.89. The van der Waals surface area contributed by atoms with Crippen molar-refractivity contribution in [1.29, 1.82) is 0 Å². The van der Waals surface area contributed by atoms with Gasteiger partial charge in [-0.15, -0.1) is 10.2 Å². The maximum atomic E-state index is 11.3. The van der Waals surface area contributed by atoms with E-state index in [-0.39, 0.29) is 5.56 Å². The third kappa shape index (κ3) is 1.30. The molecule has 5 heteroatoms. The molecule has 1 aromatic heterocycles. The average Bonchev–Trinajstić information content (AvgIpc) is 2.10. The first-order valence-corrected chi connectivity index (χ1v) is 3.93. The average molecular weight is 168 g/mol. The number of hydrogen-bond acceptors (Lipinski definition) is 4. The van der Waals surface area contributed by atoms with Crippen molar-refractivity contribution in [1.82, 2.24) is 14.9 Å². The Morgan fingerprint density at radius 3 is 2.50 bits per heavy atom. The van der Waals surface area contributed by atoms with Gasteiger partial charge in [-0.3, -0.25) is 4.79 Å². The molecule has 0 saturated carbocycles. The predicted octanol–water partition coefficient (Wildman–Crippen LogP) is -0.523. The highest BCUT2D eigenvalue weighted by atomic mass is 16.1. The Morgan fingerprint density at radius 1 is 1.33 bits per heavy atom. The van der Waals surface area contributed by atoms with Gasteiger partial charge in [-0.2, -0.15) is 0 Å². The van der Waals surface area contributed by atoms with Gasteiger partial charge in [-0.1, -0.05) is 13.8 Å². The molecule has 0 aliphatic heterocycles. The minimum atomic E-state index is -0.246. The summed E-state index contributed by atoms with van der Waals surface area (Å²) in [5, 5.41) is 7.58. The van der Waals surface area contributed by atoms with Gasteiger partial charge in [0.15, 0.2) is 5.82 Å². The molecule has 0 aliphatic carbocycles. The van der Waals surface area contributed by atoms with Gasteiger partial charge < -0.3 is 5.84 Å². The molecule has 1 heterocycles. The quantitative estimate of drug-likeness (QED) is 0.603. The van der Waals surface area contributed by atoms with E-state index in [9.17, 15) is 4.79 Å². The first-order chi connectivity index (χ1) is 5.70. The SMILES string of the molecule is CCc1nnc(CC)n(N)c1=O. The molecule has 1 aromatic rings. The van der Waals surface area contributed by atoms with E-state index in [2.05, 4.69) is 10.2 Å². The Labute approximate surface area is 70.2 Å². The normalized spacial score (nSPS) is 10.2. The molecule has 1 rings (SSSR count).